The van der Waals surface area contributed by atoms with E-state index in [1.54, 1.807) is 4.90 Å². The maximum absolute atomic E-state index is 12.4. The van der Waals surface area contributed by atoms with Crippen molar-refractivity contribution in [2.45, 2.75) is 51.7 Å². The number of hydrogen-bond acceptors (Lipinski definition) is 6. The van der Waals surface area contributed by atoms with Crippen molar-refractivity contribution in [2.75, 3.05) is 38.5 Å². The van der Waals surface area contributed by atoms with E-state index in [1.807, 2.05) is 13.8 Å². The normalized spacial score (nSPS) is 17.5. The first kappa shape index (κ1) is 26.1. The summed E-state index contributed by atoms with van der Waals surface area (Å²) in [6.45, 7) is 4.66. The molecule has 0 radical (unpaired) electrons. The lowest BCUT2D eigenvalue weighted by Crippen LogP contribution is -2.52. The molecular formula is C16H33ClN4O5S. The van der Waals surface area contributed by atoms with Crippen molar-refractivity contribution in [3.05, 3.63) is 0 Å². The zero-order valence-corrected chi connectivity index (χ0v) is 17.7. The number of sulfonamides is 1. The topological polar surface area (TPSA) is 131 Å². The Morgan fingerprint density at radius 3 is 2.63 bits per heavy atom. The van der Waals surface area contributed by atoms with Crippen LogP contribution in [0.15, 0.2) is 0 Å². The van der Waals surface area contributed by atoms with Gasteiger partial charge in [-0.05, 0) is 33.1 Å². The lowest BCUT2D eigenvalue weighted by molar-refractivity contribution is -0.134. The summed E-state index contributed by atoms with van der Waals surface area (Å²) in [4.78, 5) is 25.7. The first-order valence-corrected chi connectivity index (χ1v) is 10.8. The average molecular weight is 429 g/mol. The molecule has 1 fully saturated rings. The van der Waals surface area contributed by atoms with Gasteiger partial charge in [0.25, 0.3) is 0 Å². The summed E-state index contributed by atoms with van der Waals surface area (Å²) >= 11 is 0. The van der Waals surface area contributed by atoms with E-state index in [1.165, 1.54) is 0 Å². The van der Waals surface area contributed by atoms with Gasteiger partial charge in [0.15, 0.2) is 0 Å². The van der Waals surface area contributed by atoms with E-state index in [4.69, 9.17) is 10.5 Å². The van der Waals surface area contributed by atoms with Gasteiger partial charge in [0.2, 0.25) is 21.8 Å². The molecule has 1 saturated heterocycles. The second-order valence-corrected chi connectivity index (χ2v) is 8.57. The molecule has 1 rings (SSSR count). The maximum atomic E-state index is 12.4. The van der Waals surface area contributed by atoms with Crippen LogP contribution in [0.5, 0.6) is 0 Å². The Morgan fingerprint density at radius 1 is 1.30 bits per heavy atom. The molecule has 2 amide bonds. The zero-order valence-electron chi connectivity index (χ0n) is 16.1. The number of nitrogens with two attached hydrogens (primary N) is 1. The number of amides is 2. The van der Waals surface area contributed by atoms with Gasteiger partial charge in [-0.25, -0.2) is 13.1 Å². The van der Waals surface area contributed by atoms with Crippen LogP contribution < -0.4 is 15.8 Å². The van der Waals surface area contributed by atoms with E-state index in [0.717, 1.165) is 19.3 Å². The third-order valence-electron chi connectivity index (χ3n) is 4.10. The van der Waals surface area contributed by atoms with Crippen molar-refractivity contribution >= 4 is 34.2 Å². The van der Waals surface area contributed by atoms with Gasteiger partial charge in [0, 0.05) is 32.1 Å². The van der Waals surface area contributed by atoms with Crippen LogP contribution in [0.1, 0.15) is 39.5 Å². The van der Waals surface area contributed by atoms with E-state index in [0.29, 0.717) is 13.1 Å². The van der Waals surface area contributed by atoms with Gasteiger partial charge in [0.1, 0.15) is 0 Å². The van der Waals surface area contributed by atoms with Gasteiger partial charge in [0.05, 0.1) is 25.0 Å². The SMILES string of the molecule is CC(C)OCCS(=O)(=O)NCC(=O)N1CCCCC1CNC(=O)CCN.Cl. The summed E-state index contributed by atoms with van der Waals surface area (Å²) < 4.78 is 31.4. The summed E-state index contributed by atoms with van der Waals surface area (Å²) in [5.41, 5.74) is 5.35. The minimum Gasteiger partial charge on any atom is -0.378 e. The number of likely N-dealkylation sites (tertiary alicyclic amines) is 1. The van der Waals surface area contributed by atoms with Crippen LogP contribution in [-0.2, 0) is 24.3 Å². The molecule has 1 unspecified atom stereocenters. The second kappa shape index (κ2) is 13.3. The standard InChI is InChI=1S/C16H32N4O5S.ClH/c1-13(2)25-9-10-26(23,24)19-12-16(22)20-8-4-3-5-14(20)11-18-15(21)6-7-17;/h13-14,19H,3-12,17H2,1-2H3,(H,18,21);1H. The van der Waals surface area contributed by atoms with Crippen molar-refractivity contribution in [2.24, 2.45) is 5.73 Å². The van der Waals surface area contributed by atoms with Crippen LogP contribution in [0.3, 0.4) is 0 Å². The zero-order chi connectivity index (χ0) is 19.6. The number of carbonyl (C=O) groups excluding carboxylic acids is 2. The molecule has 11 heteroatoms. The smallest absolute Gasteiger partial charge is 0.237 e. The fraction of sp³-hybridized carbons (Fsp3) is 0.875. The molecular weight excluding hydrogens is 396 g/mol. The molecule has 0 aromatic heterocycles. The third kappa shape index (κ3) is 10.8. The lowest BCUT2D eigenvalue weighted by Gasteiger charge is -2.36. The molecule has 4 N–H and O–H groups in total. The van der Waals surface area contributed by atoms with Crippen molar-refractivity contribution in [3.63, 3.8) is 0 Å². The predicted molar refractivity (Wildman–Crippen MR) is 106 cm³/mol. The van der Waals surface area contributed by atoms with Crippen molar-refractivity contribution in [1.82, 2.24) is 14.9 Å². The van der Waals surface area contributed by atoms with Gasteiger partial charge in [-0.2, -0.15) is 0 Å². The van der Waals surface area contributed by atoms with Gasteiger partial charge in [-0.3, -0.25) is 9.59 Å². The molecule has 160 valence electrons. The highest BCUT2D eigenvalue weighted by Gasteiger charge is 2.27. The first-order chi connectivity index (χ1) is 12.2. The van der Waals surface area contributed by atoms with Gasteiger partial charge in [-0.1, -0.05) is 0 Å². The Labute approximate surface area is 168 Å². The highest BCUT2D eigenvalue weighted by molar-refractivity contribution is 7.89. The molecule has 0 aromatic rings. The first-order valence-electron chi connectivity index (χ1n) is 9.10. The summed E-state index contributed by atoms with van der Waals surface area (Å²) in [6, 6.07) is -0.119. The Balaban J connectivity index is 0.00000676. The van der Waals surface area contributed by atoms with Crippen LogP contribution in [0, 0.1) is 0 Å². The molecule has 0 aromatic carbocycles. The minimum absolute atomic E-state index is 0. The Bertz CT molecular complexity index is 559. The Morgan fingerprint density at radius 2 is 2.00 bits per heavy atom. The number of hydrogen-bond donors (Lipinski definition) is 3. The molecule has 1 heterocycles. The van der Waals surface area contributed by atoms with Crippen molar-refractivity contribution in [3.8, 4) is 0 Å². The van der Waals surface area contributed by atoms with E-state index in [9.17, 15) is 18.0 Å². The lowest BCUT2D eigenvalue weighted by atomic mass is 10.0. The number of carbonyl (C=O) groups is 2. The molecule has 1 aliphatic heterocycles. The summed E-state index contributed by atoms with van der Waals surface area (Å²) in [5.74, 6) is -0.607. The monoisotopic (exact) mass is 428 g/mol. The fourth-order valence-corrected chi connectivity index (χ4v) is 3.53. The molecule has 27 heavy (non-hydrogen) atoms. The number of nitrogens with one attached hydrogen (secondary N) is 2. The molecule has 0 saturated carbocycles. The van der Waals surface area contributed by atoms with Crippen LogP contribution in [0.25, 0.3) is 0 Å². The number of halogens is 1. The highest BCUT2D eigenvalue weighted by atomic mass is 35.5. The minimum atomic E-state index is -3.57. The number of rotatable bonds is 11. The van der Waals surface area contributed by atoms with Crippen molar-refractivity contribution < 1.29 is 22.7 Å². The quantitative estimate of drug-likeness (QED) is 0.410. The second-order valence-electron chi connectivity index (χ2n) is 6.64. The number of ether oxygens (including phenoxy) is 1. The Kier molecular flexibility index (Phi) is 12.8. The van der Waals surface area contributed by atoms with Crippen LogP contribution in [0.2, 0.25) is 0 Å². The van der Waals surface area contributed by atoms with E-state index in [-0.39, 0.29) is 68.2 Å². The van der Waals surface area contributed by atoms with Gasteiger partial charge < -0.3 is 20.7 Å². The van der Waals surface area contributed by atoms with Crippen LogP contribution in [0.4, 0.5) is 0 Å². The summed E-state index contributed by atoms with van der Waals surface area (Å²) in [6.07, 6.45) is 2.83. The van der Waals surface area contributed by atoms with Crippen LogP contribution >= 0.6 is 12.4 Å². The summed E-state index contributed by atoms with van der Waals surface area (Å²) in [5, 5.41) is 2.78. The van der Waals surface area contributed by atoms with Crippen molar-refractivity contribution in [1.29, 1.82) is 0 Å². The third-order valence-corrected chi connectivity index (χ3v) is 5.39. The predicted octanol–water partition coefficient (Wildman–Crippen LogP) is -0.401. The largest absolute Gasteiger partial charge is 0.378 e. The van der Waals surface area contributed by atoms with E-state index >= 15 is 0 Å². The maximum Gasteiger partial charge on any atom is 0.237 e. The number of nitrogens with zero attached hydrogens (tertiary/aromatic N) is 1. The molecule has 1 atom stereocenters. The molecule has 1 aliphatic rings. The fourth-order valence-electron chi connectivity index (χ4n) is 2.73. The highest BCUT2D eigenvalue weighted by Crippen LogP contribution is 2.16. The van der Waals surface area contributed by atoms with E-state index in [2.05, 4.69) is 10.0 Å². The molecule has 0 aliphatic carbocycles. The Hall–Kier alpha value is -0.940. The number of piperidine rings is 1. The van der Waals surface area contributed by atoms with Gasteiger partial charge in [-0.15, -0.1) is 12.4 Å². The van der Waals surface area contributed by atoms with E-state index < -0.39 is 10.0 Å². The average Bonchev–Trinajstić information content (AvgIpc) is 2.58. The summed E-state index contributed by atoms with van der Waals surface area (Å²) in [7, 11) is -3.57. The molecule has 9 nitrogen and oxygen atoms in total. The van der Waals surface area contributed by atoms with Gasteiger partial charge >= 0.3 is 0 Å². The molecule has 0 spiro atoms. The van der Waals surface area contributed by atoms with Crippen LogP contribution in [-0.4, -0.2) is 75.8 Å². The molecule has 0 bridgehead atoms.